The zero-order valence-corrected chi connectivity index (χ0v) is 54.2. The van der Waals surface area contributed by atoms with Gasteiger partial charge in [-0.15, -0.1) is 66.8 Å². The zero-order chi connectivity index (χ0) is 69.5. The third-order valence-electron chi connectivity index (χ3n) is 16.5. The SMILES string of the molecule is CCCOCn1cc(C[C@H]2O[C@@H](OCc3cn(C[C@H]4O[C@@](CCl)(O[C@H]5O[C@H](CO)[C@H](Cl)[C@H](O)[C@H]5O)[C@@H](O)[C@H]4O)nn3)[C@@H](O)[C@@H](O)[C@H]2O)nn1.COCn1cc(C[C@H]2O[C@@H](OCc3cn(C[C@H]4O[C@@](CCl)(OC5O[C@H](CO)[C@H](Cl)[C@H](O)[C@H]5O)[C@@H](O)[C@@H]4O)nn3)[C@@H](O)[C@@H](O)[C@H]2O)nn1. The van der Waals surface area contributed by atoms with Crippen LogP contribution in [0.4, 0.5) is 0 Å². The normalized spacial score (nSPS) is 40.4. The molecule has 0 bridgehead atoms. The van der Waals surface area contributed by atoms with E-state index in [-0.39, 0.29) is 64.0 Å². The average Bonchev–Trinajstić information content (AvgIpc) is 1.59. The maximum absolute atomic E-state index is 10.9. The number of aromatic nitrogens is 12. The highest BCUT2D eigenvalue weighted by Crippen LogP contribution is 2.41. The van der Waals surface area contributed by atoms with Crippen LogP contribution in [0.25, 0.3) is 0 Å². The van der Waals surface area contributed by atoms with Gasteiger partial charge in [-0.2, -0.15) is 0 Å². The lowest BCUT2D eigenvalue weighted by molar-refractivity contribution is -0.359. The van der Waals surface area contributed by atoms with Gasteiger partial charge in [0.2, 0.25) is 11.6 Å². The van der Waals surface area contributed by atoms with Crippen LogP contribution < -0.4 is 0 Å². The second kappa shape index (κ2) is 34.0. The van der Waals surface area contributed by atoms with Crippen LogP contribution in [0.1, 0.15) is 36.1 Å². The third-order valence-corrected chi connectivity index (χ3v) is 18.3. The molecule has 1 unspecified atom stereocenters. The number of alkyl halides is 4. The number of aliphatic hydroxyl groups is 16. The topological polar surface area (TPSA) is 557 Å². The molecule has 0 aromatic carbocycles. The van der Waals surface area contributed by atoms with Crippen LogP contribution in [-0.2, 0) is 109 Å². The molecule has 16 N–H and O–H groups in total. The molecule has 44 heteroatoms. The summed E-state index contributed by atoms with van der Waals surface area (Å²) in [5.41, 5.74) is 1.39. The Balaban J connectivity index is 0.000000226. The molecule has 40 nitrogen and oxygen atoms in total. The van der Waals surface area contributed by atoms with E-state index in [0.29, 0.717) is 18.0 Å². The molecule has 4 aromatic rings. The Labute approximate surface area is 564 Å². The van der Waals surface area contributed by atoms with Crippen molar-refractivity contribution in [2.45, 2.75) is 236 Å². The Hall–Kier alpha value is -3.40. The lowest BCUT2D eigenvalue weighted by atomic mass is 9.96. The smallest absolute Gasteiger partial charge is 0.214 e. The van der Waals surface area contributed by atoms with Crippen molar-refractivity contribution >= 4 is 46.4 Å². The Kier molecular flexibility index (Phi) is 27.2. The molecular weight excluding hydrogens is 1380 g/mol. The van der Waals surface area contributed by atoms with E-state index in [1.165, 1.54) is 38.2 Å². The standard InChI is InChI=1S/C27H42Cl2N6O14.C25H38Cl2N6O14/c1-2-3-44-11-35-5-12(30-33-35)4-14-18(37)21(40)23(42)25(46-14)45-9-13-6-34(32-31-13)7-15-19(38)24(43)27(10-28,48-15)49-26-22(41)20(39)17(29)16(8-36)47-26;1-42-9-33-3-10(28-31-33)2-12-16(35)19(38)21(40)23(44-12)43-7-11-4-32(30-29-11)5-13-17(36)22(41)25(8-26,46-13)47-24-20(39)18(37)15(27)14(6-34)45-24/h5-6,14-26,36-43H,2-4,7-11H2,1H3;3-4,12-24,34-41H,2,5-9H2,1H3/t14-,15-,16-,17+,18+,19+,20+,21+,22-,23+,24+,25-,26-,27+;12-,13-,14-,15+,16+,17-,18+,19+,20-,21+,22+,23-,24?,25+/m11/s1. The number of aliphatic hydroxyl groups excluding tert-OH is 16. The van der Waals surface area contributed by atoms with Crippen LogP contribution in [0.5, 0.6) is 0 Å². The van der Waals surface area contributed by atoms with Crippen molar-refractivity contribution in [1.29, 1.82) is 0 Å². The van der Waals surface area contributed by atoms with Crippen LogP contribution in [-0.4, -0.2) is 350 Å². The fourth-order valence-corrected chi connectivity index (χ4v) is 12.3. The highest BCUT2D eigenvalue weighted by atomic mass is 35.5. The first-order valence-corrected chi connectivity index (χ1v) is 32.1. The summed E-state index contributed by atoms with van der Waals surface area (Å²) in [6.45, 7) is 0.829. The lowest BCUT2D eigenvalue weighted by Gasteiger charge is -2.43. The van der Waals surface area contributed by atoms with Gasteiger partial charge in [-0.05, 0) is 6.42 Å². The molecule has 0 spiro atoms. The Bertz CT molecular complexity index is 3010. The first kappa shape index (κ1) is 76.8. The van der Waals surface area contributed by atoms with E-state index in [4.69, 9.17) is 103 Å². The van der Waals surface area contributed by atoms with E-state index in [1.807, 2.05) is 6.92 Å². The van der Waals surface area contributed by atoms with Gasteiger partial charge in [0.1, 0.15) is 135 Å². The highest BCUT2D eigenvalue weighted by molar-refractivity contribution is 6.22. The summed E-state index contributed by atoms with van der Waals surface area (Å²) in [5.74, 6) is -5.27. The predicted octanol–water partition coefficient (Wildman–Crippen LogP) is -8.90. The molecule has 6 aliphatic heterocycles. The molecule has 6 saturated heterocycles. The minimum absolute atomic E-state index is 0.0510. The maximum atomic E-state index is 10.9. The molecule has 0 saturated carbocycles. The van der Waals surface area contributed by atoms with Crippen molar-refractivity contribution in [2.24, 2.45) is 0 Å². The number of nitrogens with zero attached hydrogens (tertiary/aromatic N) is 12. The van der Waals surface area contributed by atoms with Crippen LogP contribution >= 0.6 is 46.4 Å². The molecule has 6 aliphatic rings. The second-order valence-electron chi connectivity index (χ2n) is 23.5. The Morgan fingerprint density at radius 2 is 0.812 bits per heavy atom. The summed E-state index contributed by atoms with van der Waals surface area (Å²) >= 11 is 24.2. The Morgan fingerprint density at radius 1 is 0.448 bits per heavy atom. The number of halogens is 4. The summed E-state index contributed by atoms with van der Waals surface area (Å²) in [6.07, 6.45) is -27.9. The molecule has 0 amide bonds. The van der Waals surface area contributed by atoms with Crippen molar-refractivity contribution in [3.63, 3.8) is 0 Å². The molecule has 544 valence electrons. The second-order valence-corrected chi connectivity index (χ2v) is 25.0. The molecule has 10 rings (SSSR count). The number of hydrogen-bond acceptors (Lipinski definition) is 36. The number of methoxy groups -OCH3 is 1. The highest BCUT2D eigenvalue weighted by Gasteiger charge is 2.60. The monoisotopic (exact) mass is 1460 g/mol. The summed E-state index contributed by atoms with van der Waals surface area (Å²) in [6, 6.07) is 0. The number of hydrogen-bond donors (Lipinski definition) is 16. The molecular formula is C52H80Cl4N12O28. The molecule has 6 fully saturated rings. The fourth-order valence-electron chi connectivity index (χ4n) is 11.1. The van der Waals surface area contributed by atoms with Gasteiger partial charge in [0.15, 0.2) is 25.2 Å². The maximum Gasteiger partial charge on any atom is 0.214 e. The summed E-state index contributed by atoms with van der Waals surface area (Å²) in [4.78, 5) is 0. The van der Waals surface area contributed by atoms with E-state index in [9.17, 15) is 81.7 Å². The van der Waals surface area contributed by atoms with Crippen molar-refractivity contribution in [1.82, 2.24) is 60.0 Å². The van der Waals surface area contributed by atoms with E-state index < -0.39 is 195 Å². The van der Waals surface area contributed by atoms with Gasteiger partial charge in [0.25, 0.3) is 0 Å². The van der Waals surface area contributed by atoms with Crippen LogP contribution in [0, 0.1) is 0 Å². The van der Waals surface area contributed by atoms with Gasteiger partial charge in [0, 0.05) is 26.6 Å². The summed E-state index contributed by atoms with van der Waals surface area (Å²) in [5, 5.41) is 196. The van der Waals surface area contributed by atoms with Gasteiger partial charge in [-0.25, -0.2) is 18.7 Å². The zero-order valence-electron chi connectivity index (χ0n) is 51.2. The number of rotatable bonds is 28. The molecule has 96 heavy (non-hydrogen) atoms. The van der Waals surface area contributed by atoms with Gasteiger partial charge < -0.3 is 139 Å². The van der Waals surface area contributed by atoms with Crippen molar-refractivity contribution < 1.29 is 139 Å². The van der Waals surface area contributed by atoms with Gasteiger partial charge >= 0.3 is 0 Å². The van der Waals surface area contributed by atoms with Crippen LogP contribution in [0.15, 0.2) is 24.8 Å². The van der Waals surface area contributed by atoms with Gasteiger partial charge in [-0.1, -0.05) is 27.8 Å². The van der Waals surface area contributed by atoms with Crippen LogP contribution in [0.3, 0.4) is 0 Å². The summed E-state index contributed by atoms with van der Waals surface area (Å²) in [7, 11) is 1.49. The molecule has 0 radical (unpaired) electrons. The first-order valence-electron chi connectivity index (χ1n) is 30.2. The van der Waals surface area contributed by atoms with Crippen molar-refractivity contribution in [3.8, 4) is 0 Å². The van der Waals surface area contributed by atoms with Gasteiger partial charge in [-0.3, -0.25) is 0 Å². The van der Waals surface area contributed by atoms with Crippen molar-refractivity contribution in [2.75, 3.05) is 38.7 Å². The molecule has 28 atom stereocenters. The molecule has 0 aliphatic carbocycles. The fraction of sp³-hybridized carbons (Fsp3) is 0.846. The average molecular weight is 1460 g/mol. The van der Waals surface area contributed by atoms with Gasteiger partial charge in [0.05, 0.1) is 110 Å². The van der Waals surface area contributed by atoms with E-state index in [0.717, 1.165) is 6.42 Å². The predicted molar refractivity (Wildman–Crippen MR) is 311 cm³/mol. The number of ether oxygens (including phenoxy) is 12. The third kappa shape index (κ3) is 17.4. The van der Waals surface area contributed by atoms with Crippen molar-refractivity contribution in [3.05, 3.63) is 47.6 Å². The largest absolute Gasteiger partial charge is 0.394 e. The lowest BCUT2D eigenvalue weighted by Crippen LogP contribution is -2.61. The van der Waals surface area contributed by atoms with Crippen LogP contribution in [0.2, 0.25) is 0 Å². The van der Waals surface area contributed by atoms with E-state index in [1.54, 1.807) is 12.4 Å². The minimum Gasteiger partial charge on any atom is -0.394 e. The molecule has 4 aromatic heterocycles. The summed E-state index contributed by atoms with van der Waals surface area (Å²) < 4.78 is 72.6. The van der Waals surface area contributed by atoms with E-state index in [2.05, 4.69) is 41.2 Å². The molecule has 10 heterocycles. The Morgan fingerprint density at radius 3 is 1.20 bits per heavy atom. The van der Waals surface area contributed by atoms with E-state index >= 15 is 0 Å². The first-order chi connectivity index (χ1) is 45.8. The minimum atomic E-state index is -2.10. The quantitative estimate of drug-likeness (QED) is 0.0185.